The van der Waals surface area contributed by atoms with Crippen molar-refractivity contribution in [2.45, 2.75) is 44.8 Å². The van der Waals surface area contributed by atoms with Gasteiger partial charge in [-0.3, -0.25) is 20.2 Å². The van der Waals surface area contributed by atoms with E-state index < -0.39 is 28.6 Å². The van der Waals surface area contributed by atoms with Gasteiger partial charge in [0, 0.05) is 0 Å². The topological polar surface area (TPSA) is 166 Å². The van der Waals surface area contributed by atoms with Crippen molar-refractivity contribution in [2.24, 2.45) is 10.2 Å². The molecule has 2 heterocycles. The molecule has 0 saturated carbocycles. The van der Waals surface area contributed by atoms with Crippen molar-refractivity contribution >= 4 is 11.9 Å². The van der Waals surface area contributed by atoms with E-state index in [1.807, 2.05) is 20.8 Å². The average Bonchev–Trinajstić information content (AvgIpc) is 2.52. The maximum absolute atomic E-state index is 10.8. The summed E-state index contributed by atoms with van der Waals surface area (Å²) in [6.07, 6.45) is 1.59. The molecule has 1 aliphatic rings. The number of nitro groups is 2. The SMILES string of the molecule is CCC(C)(CC)N=Nc1nnc(N2CC([N+](=O)[O-])([N+](=O)[O-])C2)nn1. The molecule has 0 aliphatic carbocycles. The van der Waals surface area contributed by atoms with Gasteiger partial charge in [-0.2, -0.15) is 5.11 Å². The molecule has 0 spiro atoms. The van der Waals surface area contributed by atoms with Crippen molar-refractivity contribution in [1.82, 2.24) is 20.4 Å². The number of aromatic nitrogens is 4. The summed E-state index contributed by atoms with van der Waals surface area (Å²) >= 11 is 0. The molecule has 0 amide bonds. The number of hydrogen-bond donors (Lipinski definition) is 0. The number of azo groups is 1. The van der Waals surface area contributed by atoms with Gasteiger partial charge in [-0.15, -0.1) is 25.5 Å². The van der Waals surface area contributed by atoms with Gasteiger partial charge >= 0.3 is 11.6 Å². The van der Waals surface area contributed by atoms with Gasteiger partial charge in [0.25, 0.3) is 5.95 Å². The van der Waals surface area contributed by atoms with Gasteiger partial charge < -0.3 is 4.90 Å². The lowest BCUT2D eigenvalue weighted by molar-refractivity contribution is -0.799. The van der Waals surface area contributed by atoms with Gasteiger partial charge in [0.15, 0.2) is 13.1 Å². The van der Waals surface area contributed by atoms with Crippen LogP contribution in [0.3, 0.4) is 0 Å². The second-order valence-corrected chi connectivity index (χ2v) is 5.76. The summed E-state index contributed by atoms with van der Waals surface area (Å²) in [5, 5.41) is 44.7. The smallest absolute Gasteiger partial charge is 0.309 e. The summed E-state index contributed by atoms with van der Waals surface area (Å²) in [5.41, 5.74) is -2.55. The fraction of sp³-hybridized carbons (Fsp3) is 0.818. The summed E-state index contributed by atoms with van der Waals surface area (Å²) in [4.78, 5) is 21.1. The maximum Gasteiger partial charge on any atom is 0.492 e. The van der Waals surface area contributed by atoms with Crippen LogP contribution in [0.25, 0.3) is 0 Å². The molecule has 0 atom stereocenters. The van der Waals surface area contributed by atoms with E-state index in [9.17, 15) is 20.2 Å². The lowest BCUT2D eigenvalue weighted by Gasteiger charge is -2.35. The molecule has 130 valence electrons. The summed E-state index contributed by atoms with van der Waals surface area (Å²) < 4.78 is 0. The third-order valence-electron chi connectivity index (χ3n) is 4.21. The lowest BCUT2D eigenvalue weighted by atomic mass is 9.97. The molecule has 1 aliphatic heterocycles. The molecular weight excluding hydrogens is 322 g/mol. The fourth-order valence-corrected chi connectivity index (χ4v) is 1.95. The molecule has 1 aromatic rings. The van der Waals surface area contributed by atoms with Gasteiger partial charge in [0.1, 0.15) is 9.85 Å². The molecule has 13 nitrogen and oxygen atoms in total. The summed E-state index contributed by atoms with van der Waals surface area (Å²) in [5.74, 6) is -0.0655. The van der Waals surface area contributed by atoms with E-state index >= 15 is 0 Å². The van der Waals surface area contributed by atoms with Crippen molar-refractivity contribution < 1.29 is 9.85 Å². The van der Waals surface area contributed by atoms with Crippen LogP contribution in [0.15, 0.2) is 10.2 Å². The molecule has 24 heavy (non-hydrogen) atoms. The maximum atomic E-state index is 10.8. The van der Waals surface area contributed by atoms with E-state index in [-0.39, 0.29) is 17.4 Å². The Hall–Kier alpha value is -2.86. The first-order chi connectivity index (χ1) is 11.3. The van der Waals surface area contributed by atoms with Crippen LogP contribution in [0.4, 0.5) is 11.9 Å². The van der Waals surface area contributed by atoms with E-state index in [2.05, 4.69) is 30.6 Å². The fourth-order valence-electron chi connectivity index (χ4n) is 1.95. The predicted molar refractivity (Wildman–Crippen MR) is 80.1 cm³/mol. The van der Waals surface area contributed by atoms with Gasteiger partial charge in [-0.1, -0.05) is 13.8 Å². The van der Waals surface area contributed by atoms with Crippen LogP contribution in [0.5, 0.6) is 0 Å². The normalized spacial score (nSPS) is 16.9. The summed E-state index contributed by atoms with van der Waals surface area (Å²) in [7, 11) is 0. The quantitative estimate of drug-likeness (QED) is 0.304. The molecule has 1 aromatic heterocycles. The van der Waals surface area contributed by atoms with Crippen LogP contribution in [-0.4, -0.2) is 54.5 Å². The Morgan fingerprint density at radius 2 is 1.62 bits per heavy atom. The highest BCUT2D eigenvalue weighted by atomic mass is 16.7. The monoisotopic (exact) mass is 339 g/mol. The molecule has 13 heteroatoms. The molecule has 0 N–H and O–H groups in total. The van der Waals surface area contributed by atoms with E-state index in [0.717, 1.165) is 12.8 Å². The largest absolute Gasteiger partial charge is 0.492 e. The van der Waals surface area contributed by atoms with Crippen molar-refractivity contribution in [3.63, 3.8) is 0 Å². The first kappa shape index (κ1) is 17.5. The minimum atomic E-state index is -2.23. The Labute approximate surface area is 136 Å². The standard InChI is InChI=1S/C11H17N9O4/c1-4-10(3,5-2)17-14-8-12-15-9(16-13-8)18-6-11(7-18,19(21)22)20(23)24/h4-7H2,1-3H3. The van der Waals surface area contributed by atoms with Crippen molar-refractivity contribution in [2.75, 3.05) is 18.0 Å². The minimum Gasteiger partial charge on any atom is -0.309 e. The van der Waals surface area contributed by atoms with Crippen molar-refractivity contribution in [3.8, 4) is 0 Å². The molecule has 0 aromatic carbocycles. The number of hydrogen-bond acceptors (Lipinski definition) is 11. The third-order valence-corrected chi connectivity index (χ3v) is 4.21. The Morgan fingerprint density at radius 3 is 2.04 bits per heavy atom. The second kappa shape index (κ2) is 6.33. The molecular formula is C11H17N9O4. The van der Waals surface area contributed by atoms with Gasteiger partial charge in [-0.05, 0) is 19.8 Å². The minimum absolute atomic E-state index is 0.0259. The van der Waals surface area contributed by atoms with Crippen molar-refractivity contribution in [3.05, 3.63) is 20.2 Å². The number of rotatable bonds is 7. The zero-order valence-corrected chi connectivity index (χ0v) is 13.5. The average molecular weight is 339 g/mol. The number of anilines is 1. The molecule has 1 saturated heterocycles. The van der Waals surface area contributed by atoms with E-state index in [0.29, 0.717) is 0 Å². The molecule has 0 bridgehead atoms. The summed E-state index contributed by atoms with van der Waals surface area (Å²) in [6, 6.07) is 0. The first-order valence-corrected chi connectivity index (χ1v) is 7.30. The first-order valence-electron chi connectivity index (χ1n) is 7.30. The van der Waals surface area contributed by atoms with E-state index in [4.69, 9.17) is 0 Å². The van der Waals surface area contributed by atoms with Gasteiger partial charge in [0.05, 0.1) is 5.54 Å². The highest BCUT2D eigenvalue weighted by Crippen LogP contribution is 2.28. The van der Waals surface area contributed by atoms with E-state index in [1.54, 1.807) is 0 Å². The zero-order chi connectivity index (χ0) is 18.0. The van der Waals surface area contributed by atoms with E-state index in [1.165, 1.54) is 4.90 Å². The Bertz CT molecular complexity index is 636. The lowest BCUT2D eigenvalue weighted by Crippen LogP contribution is -2.70. The van der Waals surface area contributed by atoms with Crippen LogP contribution < -0.4 is 4.90 Å². The number of nitrogens with zero attached hydrogens (tertiary/aromatic N) is 9. The van der Waals surface area contributed by atoms with Crippen LogP contribution in [0, 0.1) is 20.2 Å². The zero-order valence-electron chi connectivity index (χ0n) is 13.5. The molecule has 2 rings (SSSR count). The Morgan fingerprint density at radius 1 is 1.12 bits per heavy atom. The second-order valence-electron chi connectivity index (χ2n) is 5.76. The van der Waals surface area contributed by atoms with Crippen LogP contribution in [-0.2, 0) is 0 Å². The van der Waals surface area contributed by atoms with Crippen LogP contribution in [0.2, 0.25) is 0 Å². The van der Waals surface area contributed by atoms with Crippen LogP contribution >= 0.6 is 0 Å². The Balaban J connectivity index is 2.05. The highest BCUT2D eigenvalue weighted by Gasteiger charge is 2.67. The van der Waals surface area contributed by atoms with Gasteiger partial charge in [-0.25, -0.2) is 0 Å². The molecule has 1 fully saturated rings. The highest BCUT2D eigenvalue weighted by molar-refractivity contribution is 5.34. The van der Waals surface area contributed by atoms with Crippen LogP contribution in [0.1, 0.15) is 33.6 Å². The molecule has 0 unspecified atom stereocenters. The van der Waals surface area contributed by atoms with Crippen molar-refractivity contribution in [1.29, 1.82) is 0 Å². The summed E-state index contributed by atoms with van der Waals surface area (Å²) in [6.45, 7) is 5.04. The molecule has 0 radical (unpaired) electrons. The Kier molecular flexibility index (Phi) is 4.61. The van der Waals surface area contributed by atoms with Gasteiger partial charge in [0.2, 0.25) is 0 Å². The predicted octanol–water partition coefficient (Wildman–Crippen LogP) is 0.999. The third kappa shape index (κ3) is 3.09.